The zero-order valence-electron chi connectivity index (χ0n) is 18.1. The minimum atomic E-state index is 0.0735. The molecule has 4 heterocycles. The van der Waals surface area contributed by atoms with Crippen molar-refractivity contribution in [3.05, 3.63) is 53.2 Å². The number of carbonyl (C=O) groups is 1. The standard InChI is InChI=1S/C23H26N6O2/c1-14-10-15(2)29-23(25-14)26-21(27-29)12-22(30)28-8-6-16(7-9-28)19-13-24-20-5-4-17(31-3)11-18(19)20/h4-5,10-11,13,16,24H,6-9,12H2,1-3H3. The third-order valence-corrected chi connectivity index (χ3v) is 6.18. The number of carbonyl (C=O) groups excluding carboxylic acids is 1. The molecule has 5 rings (SSSR count). The molecule has 1 fully saturated rings. The third-order valence-electron chi connectivity index (χ3n) is 6.18. The van der Waals surface area contributed by atoms with Gasteiger partial charge in [0.05, 0.1) is 13.5 Å². The van der Waals surface area contributed by atoms with Crippen LogP contribution in [0.25, 0.3) is 16.7 Å². The number of aromatic amines is 1. The summed E-state index contributed by atoms with van der Waals surface area (Å²) in [4.78, 5) is 27.0. The number of nitrogens with zero attached hydrogens (tertiary/aromatic N) is 5. The maximum atomic E-state index is 12.9. The molecule has 1 aliphatic heterocycles. The van der Waals surface area contributed by atoms with Gasteiger partial charge < -0.3 is 14.6 Å². The molecule has 0 bridgehead atoms. The molecule has 0 aliphatic carbocycles. The van der Waals surface area contributed by atoms with Crippen LogP contribution >= 0.6 is 0 Å². The van der Waals surface area contributed by atoms with Crippen molar-refractivity contribution in [3.8, 4) is 5.75 Å². The maximum Gasteiger partial charge on any atom is 0.252 e. The van der Waals surface area contributed by atoms with E-state index in [4.69, 9.17) is 4.74 Å². The molecule has 1 saturated heterocycles. The van der Waals surface area contributed by atoms with E-state index in [1.54, 1.807) is 11.6 Å². The lowest BCUT2D eigenvalue weighted by molar-refractivity contribution is -0.131. The van der Waals surface area contributed by atoms with E-state index in [0.29, 0.717) is 17.5 Å². The van der Waals surface area contributed by atoms with Crippen molar-refractivity contribution >= 4 is 22.6 Å². The van der Waals surface area contributed by atoms with Gasteiger partial charge in [-0.1, -0.05) is 0 Å². The molecule has 1 aromatic carbocycles. The Morgan fingerprint density at radius 2 is 2.00 bits per heavy atom. The van der Waals surface area contributed by atoms with E-state index in [0.717, 1.165) is 48.6 Å². The first kappa shape index (κ1) is 19.5. The molecule has 0 spiro atoms. The molecule has 160 valence electrons. The Hall–Kier alpha value is -3.42. The lowest BCUT2D eigenvalue weighted by Crippen LogP contribution is -2.38. The second kappa shape index (κ2) is 7.68. The first-order valence-electron chi connectivity index (χ1n) is 10.6. The number of ether oxygens (including phenoxy) is 1. The van der Waals surface area contributed by atoms with Crippen molar-refractivity contribution in [2.45, 2.75) is 39.0 Å². The number of aromatic nitrogens is 5. The normalized spacial score (nSPS) is 15.1. The highest BCUT2D eigenvalue weighted by Gasteiger charge is 2.26. The second-order valence-corrected chi connectivity index (χ2v) is 8.27. The van der Waals surface area contributed by atoms with Gasteiger partial charge in [0.25, 0.3) is 5.78 Å². The number of amides is 1. The largest absolute Gasteiger partial charge is 0.497 e. The number of aryl methyl sites for hydroxylation is 2. The summed E-state index contributed by atoms with van der Waals surface area (Å²) >= 11 is 0. The van der Waals surface area contributed by atoms with E-state index in [1.165, 1.54) is 10.9 Å². The van der Waals surface area contributed by atoms with Crippen molar-refractivity contribution < 1.29 is 9.53 Å². The van der Waals surface area contributed by atoms with Gasteiger partial charge in [0.15, 0.2) is 5.82 Å². The van der Waals surface area contributed by atoms with Crippen LogP contribution in [0, 0.1) is 13.8 Å². The summed E-state index contributed by atoms with van der Waals surface area (Å²) in [5, 5.41) is 5.68. The molecule has 8 nitrogen and oxygen atoms in total. The lowest BCUT2D eigenvalue weighted by Gasteiger charge is -2.32. The number of likely N-dealkylation sites (tertiary alicyclic amines) is 1. The summed E-state index contributed by atoms with van der Waals surface area (Å²) in [6.07, 6.45) is 4.18. The molecule has 8 heteroatoms. The van der Waals surface area contributed by atoms with Gasteiger partial charge in [-0.15, -0.1) is 5.10 Å². The fourth-order valence-electron chi connectivity index (χ4n) is 4.56. The summed E-state index contributed by atoms with van der Waals surface area (Å²) in [7, 11) is 1.69. The van der Waals surface area contributed by atoms with Crippen molar-refractivity contribution in [2.75, 3.05) is 20.2 Å². The number of piperidine rings is 1. The average Bonchev–Trinajstić information content (AvgIpc) is 3.37. The van der Waals surface area contributed by atoms with Gasteiger partial charge in [0, 0.05) is 41.6 Å². The van der Waals surface area contributed by atoms with Crippen LogP contribution in [0.1, 0.15) is 41.5 Å². The number of rotatable bonds is 4. The minimum absolute atomic E-state index is 0.0735. The summed E-state index contributed by atoms with van der Waals surface area (Å²) in [6.45, 7) is 5.38. The van der Waals surface area contributed by atoms with Gasteiger partial charge in [-0.05, 0) is 62.4 Å². The Balaban J connectivity index is 1.26. The van der Waals surface area contributed by atoms with E-state index in [1.807, 2.05) is 30.9 Å². The Kier molecular flexibility index (Phi) is 4.84. The molecule has 1 aliphatic rings. The van der Waals surface area contributed by atoms with Crippen LogP contribution in [0.5, 0.6) is 5.75 Å². The zero-order valence-corrected chi connectivity index (χ0v) is 18.1. The van der Waals surface area contributed by atoms with Crippen LogP contribution in [-0.4, -0.2) is 55.6 Å². The number of fused-ring (bicyclic) bond motifs is 2. The number of hydrogen-bond acceptors (Lipinski definition) is 5. The highest BCUT2D eigenvalue weighted by atomic mass is 16.5. The third kappa shape index (κ3) is 3.62. The number of hydrogen-bond donors (Lipinski definition) is 1. The molecular weight excluding hydrogens is 392 g/mol. The SMILES string of the molecule is COc1ccc2[nH]cc(C3CCN(C(=O)Cc4nc5nc(C)cc(C)n5n4)CC3)c2c1. The predicted octanol–water partition coefficient (Wildman–Crippen LogP) is 3.18. The van der Waals surface area contributed by atoms with E-state index in [-0.39, 0.29) is 12.3 Å². The van der Waals surface area contributed by atoms with Crippen molar-refractivity contribution in [2.24, 2.45) is 0 Å². The molecule has 0 unspecified atom stereocenters. The monoisotopic (exact) mass is 418 g/mol. The Labute approximate surface area is 180 Å². The average molecular weight is 419 g/mol. The van der Waals surface area contributed by atoms with Gasteiger partial charge in [-0.2, -0.15) is 4.98 Å². The first-order valence-corrected chi connectivity index (χ1v) is 10.6. The Bertz CT molecular complexity index is 1270. The smallest absolute Gasteiger partial charge is 0.252 e. The van der Waals surface area contributed by atoms with Gasteiger partial charge in [-0.25, -0.2) is 9.50 Å². The molecular formula is C23H26N6O2. The van der Waals surface area contributed by atoms with E-state index in [9.17, 15) is 4.79 Å². The highest BCUT2D eigenvalue weighted by Crippen LogP contribution is 2.34. The van der Waals surface area contributed by atoms with Crippen LogP contribution in [0.2, 0.25) is 0 Å². The van der Waals surface area contributed by atoms with Crippen LogP contribution in [0.4, 0.5) is 0 Å². The molecule has 0 radical (unpaired) electrons. The van der Waals surface area contributed by atoms with Crippen LogP contribution < -0.4 is 4.74 Å². The van der Waals surface area contributed by atoms with Gasteiger partial charge in [-0.3, -0.25) is 4.79 Å². The topological polar surface area (TPSA) is 88.4 Å². The fourth-order valence-corrected chi connectivity index (χ4v) is 4.56. The Morgan fingerprint density at radius 3 is 2.77 bits per heavy atom. The Morgan fingerprint density at radius 1 is 1.19 bits per heavy atom. The molecule has 0 atom stereocenters. The first-order chi connectivity index (χ1) is 15.0. The molecule has 3 aromatic heterocycles. The highest BCUT2D eigenvalue weighted by molar-refractivity contribution is 5.85. The lowest BCUT2D eigenvalue weighted by atomic mass is 9.89. The van der Waals surface area contributed by atoms with Crippen molar-refractivity contribution in [1.82, 2.24) is 29.5 Å². The van der Waals surface area contributed by atoms with Crippen LogP contribution in [0.3, 0.4) is 0 Å². The zero-order chi connectivity index (χ0) is 21.5. The van der Waals surface area contributed by atoms with E-state index < -0.39 is 0 Å². The summed E-state index contributed by atoms with van der Waals surface area (Å²) in [5.74, 6) is 2.43. The van der Waals surface area contributed by atoms with Crippen molar-refractivity contribution in [1.29, 1.82) is 0 Å². The number of H-pyrrole nitrogens is 1. The van der Waals surface area contributed by atoms with E-state index >= 15 is 0 Å². The van der Waals surface area contributed by atoms with Gasteiger partial charge in [0.2, 0.25) is 5.91 Å². The molecule has 1 amide bonds. The summed E-state index contributed by atoms with van der Waals surface area (Å²) in [6, 6.07) is 8.07. The minimum Gasteiger partial charge on any atom is -0.497 e. The molecule has 31 heavy (non-hydrogen) atoms. The second-order valence-electron chi connectivity index (χ2n) is 8.27. The van der Waals surface area contributed by atoms with Crippen molar-refractivity contribution in [3.63, 3.8) is 0 Å². The predicted molar refractivity (Wildman–Crippen MR) is 117 cm³/mol. The number of nitrogens with one attached hydrogen (secondary N) is 1. The van der Waals surface area contributed by atoms with Gasteiger partial charge >= 0.3 is 0 Å². The fraction of sp³-hybridized carbons (Fsp3) is 0.391. The summed E-state index contributed by atoms with van der Waals surface area (Å²) in [5.41, 5.74) is 4.28. The van der Waals surface area contributed by atoms with Gasteiger partial charge in [0.1, 0.15) is 5.75 Å². The quantitative estimate of drug-likeness (QED) is 0.550. The maximum absolute atomic E-state index is 12.9. The molecule has 4 aromatic rings. The van der Waals surface area contributed by atoms with Crippen LogP contribution in [0.15, 0.2) is 30.5 Å². The summed E-state index contributed by atoms with van der Waals surface area (Å²) < 4.78 is 7.09. The molecule has 1 N–H and O–H groups in total. The number of methoxy groups -OCH3 is 1. The number of benzene rings is 1. The molecule has 0 saturated carbocycles. The van der Waals surface area contributed by atoms with Crippen LogP contribution in [-0.2, 0) is 11.2 Å². The van der Waals surface area contributed by atoms with E-state index in [2.05, 4.69) is 38.4 Å².